The zero-order valence-electron chi connectivity index (χ0n) is 16.2. The molecule has 0 bridgehead atoms. The van der Waals surface area contributed by atoms with Crippen LogP contribution >= 0.6 is 0 Å². The number of nitro benzene ring substituents is 1. The van der Waals surface area contributed by atoms with Gasteiger partial charge in [0.05, 0.1) is 15.3 Å². The molecule has 0 aliphatic carbocycles. The molecule has 0 N–H and O–H groups in total. The van der Waals surface area contributed by atoms with E-state index < -0.39 is 26.6 Å². The van der Waals surface area contributed by atoms with Crippen LogP contribution in [0.1, 0.15) is 0 Å². The number of nitro groups is 1. The van der Waals surface area contributed by atoms with E-state index in [1.165, 1.54) is 39.5 Å². The van der Waals surface area contributed by atoms with Gasteiger partial charge < -0.3 is 9.32 Å². The first-order chi connectivity index (χ1) is 14.8. The molecule has 0 atom stereocenters. The Kier molecular flexibility index (Phi) is 5.33. The summed E-state index contributed by atoms with van der Waals surface area (Å²) in [5.74, 6) is -1.21. The molecule has 4 rings (SSSR count). The highest BCUT2D eigenvalue weighted by atomic mass is 32.2. The van der Waals surface area contributed by atoms with Gasteiger partial charge in [0.15, 0.2) is 5.58 Å². The molecular formula is C19H18N4O7S. The Morgan fingerprint density at radius 3 is 2.39 bits per heavy atom. The predicted molar refractivity (Wildman–Crippen MR) is 109 cm³/mol. The normalized spacial score (nSPS) is 15.3. The summed E-state index contributed by atoms with van der Waals surface area (Å²) in [5, 5.41) is 11.0. The molecule has 0 spiro atoms. The van der Waals surface area contributed by atoms with Crippen molar-refractivity contribution in [3.05, 3.63) is 69.2 Å². The van der Waals surface area contributed by atoms with Crippen molar-refractivity contribution >= 4 is 32.7 Å². The lowest BCUT2D eigenvalue weighted by Crippen LogP contribution is -2.51. The lowest BCUT2D eigenvalue weighted by molar-refractivity contribution is -0.384. The van der Waals surface area contributed by atoms with Crippen molar-refractivity contribution in [2.24, 2.45) is 0 Å². The van der Waals surface area contributed by atoms with Crippen LogP contribution in [0.4, 0.5) is 5.69 Å². The Balaban J connectivity index is 1.48. The highest BCUT2D eigenvalue weighted by Gasteiger charge is 2.30. The number of hydrogen-bond donors (Lipinski definition) is 0. The van der Waals surface area contributed by atoms with Gasteiger partial charge in [0.1, 0.15) is 6.54 Å². The first-order valence-electron chi connectivity index (χ1n) is 9.38. The van der Waals surface area contributed by atoms with Crippen molar-refractivity contribution in [2.75, 3.05) is 26.2 Å². The van der Waals surface area contributed by atoms with Crippen LogP contribution in [0.2, 0.25) is 0 Å². The number of carbonyl (C=O) groups is 1. The van der Waals surface area contributed by atoms with E-state index in [0.717, 1.165) is 4.57 Å². The van der Waals surface area contributed by atoms with Gasteiger partial charge in [-0.3, -0.25) is 19.5 Å². The van der Waals surface area contributed by atoms with E-state index in [1.807, 2.05) is 0 Å². The lowest BCUT2D eigenvalue weighted by atomic mass is 10.3. The summed E-state index contributed by atoms with van der Waals surface area (Å²) in [7, 11) is -3.65. The van der Waals surface area contributed by atoms with Gasteiger partial charge in [-0.25, -0.2) is 13.2 Å². The van der Waals surface area contributed by atoms with Gasteiger partial charge in [-0.1, -0.05) is 18.2 Å². The van der Waals surface area contributed by atoms with Crippen LogP contribution < -0.4 is 5.76 Å². The van der Waals surface area contributed by atoms with E-state index in [-0.39, 0.29) is 54.4 Å². The minimum absolute atomic E-state index is 0.121. The second kappa shape index (κ2) is 7.96. The summed E-state index contributed by atoms with van der Waals surface area (Å²) < 4.78 is 32.8. The minimum Gasteiger partial charge on any atom is -0.408 e. The summed E-state index contributed by atoms with van der Waals surface area (Å²) in [5.41, 5.74) is 0.0641. The third-order valence-electron chi connectivity index (χ3n) is 5.13. The third-order valence-corrected chi connectivity index (χ3v) is 7.04. The number of hydrogen-bond acceptors (Lipinski definition) is 7. The smallest absolute Gasteiger partial charge is 0.408 e. The average molecular weight is 446 g/mol. The van der Waals surface area contributed by atoms with Crippen molar-refractivity contribution < 1.29 is 22.6 Å². The molecule has 2 aromatic carbocycles. The van der Waals surface area contributed by atoms with Crippen molar-refractivity contribution in [1.82, 2.24) is 13.8 Å². The molecule has 12 heteroatoms. The van der Waals surface area contributed by atoms with Crippen LogP contribution in [0.15, 0.2) is 62.6 Å². The zero-order chi connectivity index (χ0) is 22.2. The fourth-order valence-electron chi connectivity index (χ4n) is 3.47. The summed E-state index contributed by atoms with van der Waals surface area (Å²) in [6.07, 6.45) is 0. The number of oxazole rings is 1. The highest BCUT2D eigenvalue weighted by molar-refractivity contribution is 7.89. The molecule has 3 aromatic rings. The Morgan fingerprint density at radius 2 is 1.74 bits per heavy atom. The number of carbonyl (C=O) groups excluding carboxylic acids is 1. The monoisotopic (exact) mass is 446 g/mol. The standard InChI is InChI=1S/C19H18N4O7S/c24-18(13-22-16-12-14(23(26)27)6-7-17(16)30-19(22)25)20-8-10-21(11-9-20)31(28,29)15-4-2-1-3-5-15/h1-7,12H,8-11,13H2. The molecule has 1 amide bonds. The van der Waals surface area contributed by atoms with Gasteiger partial charge >= 0.3 is 5.76 Å². The van der Waals surface area contributed by atoms with Crippen molar-refractivity contribution in [2.45, 2.75) is 11.4 Å². The number of aromatic nitrogens is 1. The maximum atomic E-state index is 12.7. The summed E-state index contributed by atoms with van der Waals surface area (Å²) in [4.78, 5) is 36.9. The Bertz CT molecular complexity index is 1310. The largest absolute Gasteiger partial charge is 0.420 e. The topological polar surface area (TPSA) is 136 Å². The zero-order valence-corrected chi connectivity index (χ0v) is 17.0. The SMILES string of the molecule is O=C(Cn1c(=O)oc2ccc([N+](=O)[O-])cc21)N1CCN(S(=O)(=O)c2ccccc2)CC1. The fourth-order valence-corrected chi connectivity index (χ4v) is 4.91. The van der Waals surface area contributed by atoms with Gasteiger partial charge in [-0.05, 0) is 18.2 Å². The van der Waals surface area contributed by atoms with Gasteiger partial charge in [-0.15, -0.1) is 0 Å². The number of sulfonamides is 1. The second-order valence-electron chi connectivity index (χ2n) is 6.96. The molecule has 1 aliphatic heterocycles. The molecule has 0 unspecified atom stereocenters. The van der Waals surface area contributed by atoms with E-state index in [0.29, 0.717) is 0 Å². The number of benzene rings is 2. The van der Waals surface area contributed by atoms with Crippen molar-refractivity contribution in [3.63, 3.8) is 0 Å². The van der Waals surface area contributed by atoms with Crippen LogP contribution in [0.25, 0.3) is 11.1 Å². The lowest BCUT2D eigenvalue weighted by Gasteiger charge is -2.34. The number of fused-ring (bicyclic) bond motifs is 1. The molecular weight excluding hydrogens is 428 g/mol. The van der Waals surface area contributed by atoms with Gasteiger partial charge in [0.2, 0.25) is 15.9 Å². The van der Waals surface area contributed by atoms with Crippen LogP contribution in [0, 0.1) is 10.1 Å². The van der Waals surface area contributed by atoms with Gasteiger partial charge in [0.25, 0.3) is 5.69 Å². The first-order valence-corrected chi connectivity index (χ1v) is 10.8. The molecule has 0 radical (unpaired) electrons. The minimum atomic E-state index is -3.65. The molecule has 31 heavy (non-hydrogen) atoms. The van der Waals surface area contributed by atoms with Gasteiger partial charge in [0, 0.05) is 38.3 Å². The number of amides is 1. The van der Waals surface area contributed by atoms with Crippen LogP contribution in [0.3, 0.4) is 0 Å². The Labute approximate surface area is 176 Å². The highest BCUT2D eigenvalue weighted by Crippen LogP contribution is 2.21. The quantitative estimate of drug-likeness (QED) is 0.422. The first kappa shape index (κ1) is 20.8. The molecule has 1 fully saturated rings. The van der Waals surface area contributed by atoms with E-state index in [4.69, 9.17) is 4.42 Å². The molecule has 11 nitrogen and oxygen atoms in total. The molecule has 1 saturated heterocycles. The Morgan fingerprint density at radius 1 is 1.06 bits per heavy atom. The summed E-state index contributed by atoms with van der Waals surface area (Å²) in [6, 6.07) is 11.7. The maximum absolute atomic E-state index is 12.7. The van der Waals surface area contributed by atoms with E-state index in [1.54, 1.807) is 18.2 Å². The predicted octanol–water partition coefficient (Wildman–Crippen LogP) is 1.04. The van der Waals surface area contributed by atoms with E-state index in [2.05, 4.69) is 0 Å². The Hall–Kier alpha value is -3.51. The van der Waals surface area contributed by atoms with Crippen LogP contribution in [-0.2, 0) is 21.4 Å². The van der Waals surface area contributed by atoms with Crippen LogP contribution in [-0.4, -0.2) is 59.2 Å². The number of rotatable bonds is 5. The van der Waals surface area contributed by atoms with E-state index in [9.17, 15) is 28.1 Å². The molecule has 1 aliphatic rings. The van der Waals surface area contributed by atoms with Crippen LogP contribution in [0.5, 0.6) is 0 Å². The second-order valence-corrected chi connectivity index (χ2v) is 8.90. The van der Waals surface area contributed by atoms with Crippen molar-refractivity contribution in [1.29, 1.82) is 0 Å². The number of nitrogens with zero attached hydrogens (tertiary/aromatic N) is 4. The number of non-ortho nitro benzene ring substituents is 1. The summed E-state index contributed by atoms with van der Waals surface area (Å²) >= 11 is 0. The number of piperazine rings is 1. The third kappa shape index (κ3) is 3.94. The molecule has 162 valence electrons. The average Bonchev–Trinajstić information content (AvgIpc) is 3.08. The molecule has 2 heterocycles. The van der Waals surface area contributed by atoms with E-state index >= 15 is 0 Å². The van der Waals surface area contributed by atoms with Crippen molar-refractivity contribution in [3.8, 4) is 0 Å². The summed E-state index contributed by atoms with van der Waals surface area (Å²) in [6.45, 7) is 0.203. The molecule has 1 aromatic heterocycles. The fraction of sp³-hybridized carbons (Fsp3) is 0.263. The maximum Gasteiger partial charge on any atom is 0.420 e. The molecule has 0 saturated carbocycles. The van der Waals surface area contributed by atoms with Gasteiger partial charge in [-0.2, -0.15) is 4.31 Å².